The molecule has 8 nitrogen and oxygen atoms in total. The molecule has 4 aliphatic carbocycles. The van der Waals surface area contributed by atoms with Crippen LogP contribution in [0, 0.1) is 17.8 Å². The van der Waals surface area contributed by atoms with E-state index in [1.165, 1.54) is 23.1 Å². The number of benzene rings is 1. The van der Waals surface area contributed by atoms with Gasteiger partial charge in [-0.15, -0.1) is 0 Å². The number of carboxylic acid groups (broad SMARTS) is 1. The highest BCUT2D eigenvalue weighted by Crippen LogP contribution is 2.61. The molecule has 1 aromatic heterocycles. The third-order valence-corrected chi connectivity index (χ3v) is 8.66. The normalized spacial score (nSPS) is 30.0. The molecule has 2 aromatic rings. The van der Waals surface area contributed by atoms with Gasteiger partial charge in [-0.2, -0.15) is 13.2 Å². The van der Waals surface area contributed by atoms with E-state index in [0.717, 1.165) is 31.4 Å². The van der Waals surface area contributed by atoms with Crippen molar-refractivity contribution in [3.05, 3.63) is 63.6 Å². The first-order valence-electron chi connectivity index (χ1n) is 12.4. The number of hydrogen-bond donors (Lipinski definition) is 3. The molecule has 196 valence electrons. The summed E-state index contributed by atoms with van der Waals surface area (Å²) in [6, 6.07) is 5.51. The van der Waals surface area contributed by atoms with Crippen LogP contribution in [0.3, 0.4) is 0 Å². The molecule has 11 heteroatoms. The Balaban J connectivity index is 1.26. The number of anilines is 1. The van der Waals surface area contributed by atoms with Gasteiger partial charge in [0.2, 0.25) is 0 Å². The molecular formula is C26H27F3N4O4. The quantitative estimate of drug-likeness (QED) is 0.541. The maximum atomic E-state index is 13.5. The Kier molecular flexibility index (Phi) is 5.16. The summed E-state index contributed by atoms with van der Waals surface area (Å²) in [5.74, 6) is 0.337. The first-order valence-corrected chi connectivity index (χ1v) is 12.4. The SMILES string of the molecule is C[C@@H](NC(=O)c1cn(C23CC(C2)C3)c(=O)cc1N[C@@H]1[C@@H]2CN(C(=O)O)C[C@@H]21)c1cccc(C(F)(F)F)c1. The first-order chi connectivity index (χ1) is 17.4. The van der Waals surface area contributed by atoms with Crippen molar-refractivity contribution in [3.63, 3.8) is 0 Å². The lowest BCUT2D eigenvalue weighted by Gasteiger charge is -2.62. The van der Waals surface area contributed by atoms with Crippen LogP contribution in [0.5, 0.6) is 0 Å². The second kappa shape index (κ2) is 8.00. The van der Waals surface area contributed by atoms with Gasteiger partial charge in [0.15, 0.2) is 0 Å². The molecule has 1 saturated heterocycles. The number of carbonyl (C=O) groups is 2. The highest BCUT2D eigenvalue weighted by Gasteiger charge is 2.59. The van der Waals surface area contributed by atoms with Crippen LogP contribution in [0.2, 0.25) is 0 Å². The van der Waals surface area contributed by atoms with Crippen LogP contribution >= 0.6 is 0 Å². The number of amides is 2. The Morgan fingerprint density at radius 1 is 1.14 bits per heavy atom. The van der Waals surface area contributed by atoms with E-state index in [1.807, 2.05) is 0 Å². The van der Waals surface area contributed by atoms with Crippen LogP contribution in [0.1, 0.15) is 53.7 Å². The fraction of sp³-hybridized carbons (Fsp3) is 0.500. The topological polar surface area (TPSA) is 104 Å². The summed E-state index contributed by atoms with van der Waals surface area (Å²) >= 11 is 0. The number of halogens is 3. The van der Waals surface area contributed by atoms with Gasteiger partial charge in [-0.3, -0.25) is 9.59 Å². The van der Waals surface area contributed by atoms with E-state index < -0.39 is 29.8 Å². The van der Waals surface area contributed by atoms with E-state index in [0.29, 0.717) is 30.3 Å². The van der Waals surface area contributed by atoms with Gasteiger partial charge in [0.25, 0.3) is 11.5 Å². The predicted octanol–water partition coefficient (Wildman–Crippen LogP) is 3.89. The molecule has 3 N–H and O–H groups in total. The van der Waals surface area contributed by atoms with Crippen molar-refractivity contribution in [2.75, 3.05) is 18.4 Å². The maximum absolute atomic E-state index is 13.5. The van der Waals surface area contributed by atoms with E-state index in [1.54, 1.807) is 17.7 Å². The van der Waals surface area contributed by atoms with Crippen molar-refractivity contribution in [2.24, 2.45) is 17.8 Å². The highest BCUT2D eigenvalue weighted by molar-refractivity contribution is 5.99. The van der Waals surface area contributed by atoms with Gasteiger partial charge in [0, 0.05) is 48.8 Å². The van der Waals surface area contributed by atoms with Gasteiger partial charge in [0.05, 0.1) is 22.9 Å². The van der Waals surface area contributed by atoms with Gasteiger partial charge in [0.1, 0.15) is 0 Å². The highest BCUT2D eigenvalue weighted by atomic mass is 19.4. The summed E-state index contributed by atoms with van der Waals surface area (Å²) in [5.41, 5.74) is -0.315. The van der Waals surface area contributed by atoms with Crippen molar-refractivity contribution in [2.45, 2.75) is 50.0 Å². The van der Waals surface area contributed by atoms with E-state index in [4.69, 9.17) is 0 Å². The van der Waals surface area contributed by atoms with Gasteiger partial charge >= 0.3 is 12.3 Å². The number of rotatable bonds is 6. The number of likely N-dealkylation sites (tertiary alicyclic amines) is 1. The van der Waals surface area contributed by atoms with Crippen molar-refractivity contribution >= 4 is 17.7 Å². The lowest BCUT2D eigenvalue weighted by atomic mass is 9.49. The van der Waals surface area contributed by atoms with Crippen LogP contribution in [0.15, 0.2) is 41.3 Å². The van der Waals surface area contributed by atoms with E-state index in [-0.39, 0.29) is 34.5 Å². The summed E-state index contributed by atoms with van der Waals surface area (Å²) in [7, 11) is 0. The minimum Gasteiger partial charge on any atom is -0.465 e. The number of hydrogen-bond acceptors (Lipinski definition) is 4. The standard InChI is InChI=1S/C26H27F3N4O4/c1-13(15-3-2-4-16(5-15)26(27,28)29)30-23(35)19-12-33(25-7-14(8-25)9-25)21(34)6-20(19)31-22-17-10-32(24(36)37)11-18(17)22/h2-6,12-14,17-18,22,31H,7-11H2,1H3,(H,30,35)(H,36,37)/t13-,14?,17-,18+,22-,25?/m1/s1. The minimum absolute atomic E-state index is 0.0479. The smallest absolute Gasteiger partial charge is 0.416 e. The molecule has 4 atom stereocenters. The molecule has 5 fully saturated rings. The first kappa shape index (κ1) is 23.9. The number of pyridine rings is 1. The van der Waals surface area contributed by atoms with E-state index in [9.17, 15) is 32.7 Å². The lowest BCUT2D eigenvalue weighted by molar-refractivity contribution is -0.137. The minimum atomic E-state index is -4.49. The summed E-state index contributed by atoms with van der Waals surface area (Å²) in [6.45, 7) is 2.41. The zero-order chi connectivity index (χ0) is 26.3. The molecule has 1 aliphatic heterocycles. The van der Waals surface area contributed by atoms with Gasteiger partial charge < -0.3 is 25.2 Å². The number of nitrogens with zero attached hydrogens (tertiary/aromatic N) is 2. The Morgan fingerprint density at radius 2 is 1.81 bits per heavy atom. The molecule has 7 rings (SSSR count). The summed E-state index contributed by atoms with van der Waals surface area (Å²) < 4.78 is 41.2. The van der Waals surface area contributed by atoms with Crippen molar-refractivity contribution in [1.82, 2.24) is 14.8 Å². The third-order valence-electron chi connectivity index (χ3n) is 8.66. The fourth-order valence-electron chi connectivity index (χ4n) is 6.35. The second-order valence-electron chi connectivity index (χ2n) is 11.0. The molecule has 4 saturated carbocycles. The molecule has 5 aliphatic rings. The molecule has 2 bridgehead atoms. The van der Waals surface area contributed by atoms with Gasteiger partial charge in [-0.05, 0) is 49.8 Å². The average molecular weight is 517 g/mol. The van der Waals surface area contributed by atoms with Crippen LogP contribution in [-0.2, 0) is 11.7 Å². The van der Waals surface area contributed by atoms with Crippen LogP contribution < -0.4 is 16.2 Å². The molecule has 37 heavy (non-hydrogen) atoms. The van der Waals surface area contributed by atoms with Crippen molar-refractivity contribution in [3.8, 4) is 0 Å². The molecule has 0 spiro atoms. The number of fused-ring (bicyclic) bond motifs is 1. The molecule has 0 unspecified atom stereocenters. The zero-order valence-corrected chi connectivity index (χ0v) is 20.1. The summed E-state index contributed by atoms with van der Waals surface area (Å²) in [4.78, 5) is 39.1. The molecule has 1 aromatic carbocycles. The zero-order valence-electron chi connectivity index (χ0n) is 20.1. The molecule has 2 amide bonds. The Labute approximate surface area is 210 Å². The maximum Gasteiger partial charge on any atom is 0.416 e. The Bertz CT molecular complexity index is 1330. The van der Waals surface area contributed by atoms with E-state index >= 15 is 0 Å². The number of nitrogens with one attached hydrogen (secondary N) is 2. The largest absolute Gasteiger partial charge is 0.465 e. The number of aromatic nitrogens is 1. The predicted molar refractivity (Wildman–Crippen MR) is 127 cm³/mol. The number of carbonyl (C=O) groups excluding carboxylic acids is 1. The average Bonchev–Trinajstić information content (AvgIpc) is 3.20. The summed E-state index contributed by atoms with van der Waals surface area (Å²) in [6.07, 6.45) is -1.17. The van der Waals surface area contributed by atoms with Crippen LogP contribution in [-0.4, -0.2) is 45.7 Å². The van der Waals surface area contributed by atoms with Crippen LogP contribution in [0.25, 0.3) is 0 Å². The van der Waals surface area contributed by atoms with E-state index in [2.05, 4.69) is 10.6 Å². The molecule has 0 radical (unpaired) electrons. The summed E-state index contributed by atoms with van der Waals surface area (Å²) in [5, 5.41) is 15.3. The second-order valence-corrected chi connectivity index (χ2v) is 11.0. The monoisotopic (exact) mass is 516 g/mol. The van der Waals surface area contributed by atoms with Crippen molar-refractivity contribution < 1.29 is 27.9 Å². The number of alkyl halides is 3. The number of piperidine rings is 1. The molecule has 2 heterocycles. The van der Waals surface area contributed by atoms with Crippen LogP contribution in [0.4, 0.5) is 23.7 Å². The third kappa shape index (κ3) is 3.95. The Hall–Kier alpha value is -3.50. The fourth-order valence-corrected chi connectivity index (χ4v) is 6.35. The van der Waals surface area contributed by atoms with Gasteiger partial charge in [-0.25, -0.2) is 4.79 Å². The lowest BCUT2D eigenvalue weighted by Crippen LogP contribution is -2.62. The van der Waals surface area contributed by atoms with Crippen molar-refractivity contribution in [1.29, 1.82) is 0 Å². The van der Waals surface area contributed by atoms with Gasteiger partial charge in [-0.1, -0.05) is 12.1 Å². The Morgan fingerprint density at radius 3 is 2.38 bits per heavy atom. The molecular weight excluding hydrogens is 489 g/mol.